The average molecular weight is 252 g/mol. The van der Waals surface area contributed by atoms with E-state index in [1.54, 1.807) is 12.2 Å². The largest absolute Gasteiger partial charge is 0.467 e. The number of hydrogen-bond donors (Lipinski definition) is 0. The van der Waals surface area contributed by atoms with Crippen LogP contribution in [-0.4, -0.2) is 5.78 Å². The predicted octanol–water partition coefficient (Wildman–Crippen LogP) is 4.03. The average Bonchev–Trinajstić information content (AvgIpc) is 2.36. The van der Waals surface area contributed by atoms with Crippen LogP contribution >= 0.6 is 0 Å². The number of hydrogen-bond acceptors (Lipinski definition) is 2. The molecule has 0 saturated carbocycles. The molecular weight excluding hydrogens is 236 g/mol. The molecule has 2 nitrogen and oxygen atoms in total. The lowest BCUT2D eigenvalue weighted by Gasteiger charge is -2.11. The van der Waals surface area contributed by atoms with E-state index in [0.717, 1.165) is 22.7 Å². The van der Waals surface area contributed by atoms with E-state index < -0.39 is 0 Å². The first-order valence-electron chi connectivity index (χ1n) is 6.17. The van der Waals surface area contributed by atoms with E-state index in [-0.39, 0.29) is 5.78 Å². The van der Waals surface area contributed by atoms with Crippen LogP contribution in [0.25, 0.3) is 6.08 Å². The fourth-order valence-electron chi connectivity index (χ4n) is 1.86. The van der Waals surface area contributed by atoms with Crippen molar-refractivity contribution in [1.82, 2.24) is 0 Å². The van der Waals surface area contributed by atoms with Crippen LogP contribution in [0.3, 0.4) is 0 Å². The van der Waals surface area contributed by atoms with Gasteiger partial charge in [-0.25, -0.2) is 0 Å². The molecule has 19 heavy (non-hydrogen) atoms. The zero-order valence-electron chi connectivity index (χ0n) is 11.1. The van der Waals surface area contributed by atoms with E-state index in [0.29, 0.717) is 0 Å². The van der Waals surface area contributed by atoms with Gasteiger partial charge in [-0.15, -0.1) is 0 Å². The molecule has 1 aromatic rings. The van der Waals surface area contributed by atoms with E-state index in [2.05, 4.69) is 0 Å². The Kier molecular flexibility index (Phi) is 4.14. The molecule has 1 heterocycles. The fraction of sp³-hybridized carbons (Fsp3) is 0.118. The number of ether oxygens (including phenoxy) is 1. The maximum absolute atomic E-state index is 11.8. The molecule has 0 radical (unpaired) electrons. The van der Waals surface area contributed by atoms with Crippen molar-refractivity contribution in [2.24, 2.45) is 0 Å². The first-order chi connectivity index (χ1) is 9.13. The molecule has 0 spiro atoms. The van der Waals surface area contributed by atoms with Gasteiger partial charge in [-0.05, 0) is 49.3 Å². The molecule has 0 bridgehead atoms. The van der Waals surface area contributed by atoms with E-state index in [4.69, 9.17) is 4.74 Å². The summed E-state index contributed by atoms with van der Waals surface area (Å²) in [5.74, 6) is 1.56. The van der Waals surface area contributed by atoms with Crippen LogP contribution in [0.2, 0.25) is 0 Å². The van der Waals surface area contributed by atoms with E-state index in [1.165, 1.54) is 0 Å². The number of ketones is 1. The second-order valence-corrected chi connectivity index (χ2v) is 4.40. The minimum Gasteiger partial charge on any atom is -0.467 e. The van der Waals surface area contributed by atoms with Gasteiger partial charge in [-0.2, -0.15) is 0 Å². The molecule has 2 rings (SSSR count). The molecule has 0 unspecified atom stereocenters. The number of rotatable bonds is 3. The molecule has 2 heteroatoms. The lowest BCUT2D eigenvalue weighted by molar-refractivity contribution is -0.110. The highest BCUT2D eigenvalue weighted by atomic mass is 16.5. The van der Waals surface area contributed by atoms with Crippen molar-refractivity contribution >= 4 is 11.9 Å². The third-order valence-electron chi connectivity index (χ3n) is 2.61. The highest BCUT2D eigenvalue weighted by Crippen LogP contribution is 2.18. The van der Waals surface area contributed by atoms with Crippen molar-refractivity contribution in [2.45, 2.75) is 13.8 Å². The van der Waals surface area contributed by atoms with Gasteiger partial charge in [0.1, 0.15) is 11.5 Å². The number of carbonyl (C=O) groups excluding carboxylic acids is 1. The van der Waals surface area contributed by atoms with Crippen molar-refractivity contribution in [3.63, 3.8) is 0 Å². The molecule has 0 atom stereocenters. The lowest BCUT2D eigenvalue weighted by atomic mass is 10.1. The summed E-state index contributed by atoms with van der Waals surface area (Å²) in [4.78, 5) is 11.8. The van der Waals surface area contributed by atoms with Crippen LogP contribution in [0.5, 0.6) is 0 Å². The Balaban J connectivity index is 2.09. The van der Waals surface area contributed by atoms with Crippen molar-refractivity contribution in [2.75, 3.05) is 0 Å². The van der Waals surface area contributed by atoms with Gasteiger partial charge in [0, 0.05) is 0 Å². The first-order valence-corrected chi connectivity index (χ1v) is 6.17. The Bertz CT molecular complexity index is 567. The Morgan fingerprint density at radius 2 is 1.68 bits per heavy atom. The van der Waals surface area contributed by atoms with Crippen LogP contribution in [0.4, 0.5) is 0 Å². The highest BCUT2D eigenvalue weighted by molar-refractivity contribution is 6.03. The summed E-state index contributed by atoms with van der Waals surface area (Å²) >= 11 is 0. The Morgan fingerprint density at radius 3 is 2.32 bits per heavy atom. The number of carbonyl (C=O) groups is 1. The zero-order valence-corrected chi connectivity index (χ0v) is 11.1. The van der Waals surface area contributed by atoms with Crippen molar-refractivity contribution < 1.29 is 9.53 Å². The summed E-state index contributed by atoms with van der Waals surface area (Å²) in [5.41, 5.74) is 1.88. The van der Waals surface area contributed by atoms with Crippen molar-refractivity contribution in [3.8, 4) is 0 Å². The van der Waals surface area contributed by atoms with Crippen molar-refractivity contribution in [3.05, 3.63) is 77.3 Å². The molecule has 0 amide bonds. The van der Waals surface area contributed by atoms with Crippen LogP contribution in [0.1, 0.15) is 19.4 Å². The summed E-state index contributed by atoms with van der Waals surface area (Å²) in [6, 6.07) is 9.75. The molecule has 0 saturated heterocycles. The summed E-state index contributed by atoms with van der Waals surface area (Å²) in [5, 5.41) is 0. The molecule has 0 aliphatic carbocycles. The molecule has 1 aliphatic rings. The van der Waals surface area contributed by atoms with Gasteiger partial charge in [0.25, 0.3) is 0 Å². The molecular formula is C17H16O2. The zero-order chi connectivity index (χ0) is 13.7. The van der Waals surface area contributed by atoms with Crippen molar-refractivity contribution in [1.29, 1.82) is 0 Å². The third kappa shape index (κ3) is 4.11. The summed E-state index contributed by atoms with van der Waals surface area (Å²) < 4.78 is 5.38. The molecule has 1 aliphatic heterocycles. The van der Waals surface area contributed by atoms with E-state index in [1.807, 2.05) is 62.4 Å². The monoisotopic (exact) mass is 252 g/mol. The summed E-state index contributed by atoms with van der Waals surface area (Å²) in [7, 11) is 0. The topological polar surface area (TPSA) is 26.3 Å². The lowest BCUT2D eigenvalue weighted by Crippen LogP contribution is -1.96. The molecule has 0 aromatic heterocycles. The SMILES string of the molecule is CC1=CC(=CC(=O)/C=C/c2ccccc2)C=C(C)O1. The summed E-state index contributed by atoms with van der Waals surface area (Å²) in [6.07, 6.45) is 8.69. The smallest absolute Gasteiger partial charge is 0.179 e. The van der Waals surface area contributed by atoms with Crippen LogP contribution < -0.4 is 0 Å². The highest BCUT2D eigenvalue weighted by Gasteiger charge is 2.04. The minimum absolute atomic E-state index is 0.0335. The van der Waals surface area contributed by atoms with Crippen LogP contribution in [0.15, 0.2) is 71.7 Å². The standard InChI is InChI=1S/C17H16O2/c1-13-10-16(11-14(2)19-13)12-17(18)9-8-15-6-4-3-5-7-15/h3-12H,1-2H3/b9-8+. The van der Waals surface area contributed by atoms with Gasteiger partial charge in [0.05, 0.1) is 0 Å². The van der Waals surface area contributed by atoms with Gasteiger partial charge < -0.3 is 4.74 Å². The van der Waals surface area contributed by atoms with Gasteiger partial charge in [0.15, 0.2) is 5.78 Å². The van der Waals surface area contributed by atoms with Gasteiger partial charge >= 0.3 is 0 Å². The second kappa shape index (κ2) is 6.01. The molecule has 1 aromatic carbocycles. The minimum atomic E-state index is -0.0335. The quantitative estimate of drug-likeness (QED) is 0.759. The normalized spacial score (nSPS) is 14.7. The van der Waals surface area contributed by atoms with Crippen LogP contribution in [-0.2, 0) is 9.53 Å². The maximum atomic E-state index is 11.8. The number of benzene rings is 1. The predicted molar refractivity (Wildman–Crippen MR) is 77.2 cm³/mol. The molecule has 0 fully saturated rings. The Morgan fingerprint density at radius 1 is 1.05 bits per heavy atom. The number of allylic oxidation sites excluding steroid dienone is 7. The first kappa shape index (κ1) is 13.1. The van der Waals surface area contributed by atoms with Gasteiger partial charge in [-0.1, -0.05) is 36.4 Å². The van der Waals surface area contributed by atoms with Gasteiger partial charge in [-0.3, -0.25) is 4.79 Å². The second-order valence-electron chi connectivity index (χ2n) is 4.40. The van der Waals surface area contributed by atoms with E-state index in [9.17, 15) is 4.79 Å². The Hall–Kier alpha value is -2.35. The van der Waals surface area contributed by atoms with Crippen LogP contribution in [0, 0.1) is 0 Å². The molecule has 96 valence electrons. The summed E-state index contributed by atoms with van der Waals surface area (Å²) in [6.45, 7) is 3.74. The fourth-order valence-corrected chi connectivity index (χ4v) is 1.86. The Labute approximate surface area is 113 Å². The van der Waals surface area contributed by atoms with Gasteiger partial charge in [0.2, 0.25) is 0 Å². The maximum Gasteiger partial charge on any atom is 0.179 e. The van der Waals surface area contributed by atoms with E-state index >= 15 is 0 Å². The molecule has 0 N–H and O–H groups in total. The third-order valence-corrected chi connectivity index (χ3v) is 2.61.